The number of hydrogen-bond acceptors (Lipinski definition) is 6. The fraction of sp³-hybridized carbons (Fsp3) is 0.381. The summed E-state index contributed by atoms with van der Waals surface area (Å²) in [6.07, 6.45) is 0.946. The van der Waals surface area contributed by atoms with Crippen LogP contribution in [-0.4, -0.2) is 49.6 Å². The Morgan fingerprint density at radius 1 is 1.24 bits per heavy atom. The van der Waals surface area contributed by atoms with Gasteiger partial charge in [-0.1, -0.05) is 31.2 Å². The lowest BCUT2D eigenvalue weighted by Gasteiger charge is -2.36. The standard InChI is InChI=1S/C21H25N3O5/c1-4-14-5-7-15(8-6-14)18-13-22-9-10-23(18)21(25)16-11-17(24(26)27)20(29-3)19(12-16)28-2/h5-8,11-12,18,22H,4,9-10,13H2,1-3H3. The zero-order chi connectivity index (χ0) is 21.0. The summed E-state index contributed by atoms with van der Waals surface area (Å²) in [6, 6.07) is 10.8. The number of nitro groups is 1. The van der Waals surface area contributed by atoms with Crippen LogP contribution in [0.2, 0.25) is 0 Å². The first-order chi connectivity index (χ1) is 14.0. The minimum absolute atomic E-state index is 0.000986. The second kappa shape index (κ2) is 8.91. The maximum Gasteiger partial charge on any atom is 0.315 e. The van der Waals surface area contributed by atoms with E-state index in [4.69, 9.17) is 9.47 Å². The Kier molecular flexibility index (Phi) is 6.33. The second-order valence-electron chi connectivity index (χ2n) is 6.80. The predicted octanol–water partition coefficient (Wildman–Crippen LogP) is 2.96. The molecule has 1 atom stereocenters. The molecule has 2 aromatic rings. The maximum absolute atomic E-state index is 13.3. The van der Waals surface area contributed by atoms with Gasteiger partial charge in [-0.15, -0.1) is 0 Å². The van der Waals surface area contributed by atoms with Gasteiger partial charge in [0.15, 0.2) is 5.75 Å². The molecule has 0 saturated carbocycles. The summed E-state index contributed by atoms with van der Waals surface area (Å²) in [7, 11) is 2.72. The van der Waals surface area contributed by atoms with E-state index in [9.17, 15) is 14.9 Å². The third kappa shape index (κ3) is 4.17. The van der Waals surface area contributed by atoms with Crippen LogP contribution in [0.5, 0.6) is 11.5 Å². The number of ether oxygens (including phenoxy) is 2. The van der Waals surface area contributed by atoms with E-state index in [1.54, 1.807) is 4.90 Å². The highest BCUT2D eigenvalue weighted by Gasteiger charge is 2.31. The Balaban J connectivity index is 1.98. The third-order valence-corrected chi connectivity index (χ3v) is 5.18. The Hall–Kier alpha value is -3.13. The van der Waals surface area contributed by atoms with Crippen LogP contribution in [0.4, 0.5) is 5.69 Å². The normalized spacial score (nSPS) is 16.4. The Labute approximate surface area is 169 Å². The number of nitro benzene ring substituents is 1. The highest BCUT2D eigenvalue weighted by molar-refractivity contribution is 5.96. The van der Waals surface area contributed by atoms with Crippen LogP contribution >= 0.6 is 0 Å². The predicted molar refractivity (Wildman–Crippen MR) is 109 cm³/mol. The van der Waals surface area contributed by atoms with Crippen LogP contribution < -0.4 is 14.8 Å². The average Bonchev–Trinajstić information content (AvgIpc) is 2.77. The van der Waals surface area contributed by atoms with Crippen molar-refractivity contribution in [1.29, 1.82) is 0 Å². The van der Waals surface area contributed by atoms with Crippen LogP contribution in [0.1, 0.15) is 34.5 Å². The maximum atomic E-state index is 13.3. The average molecular weight is 399 g/mol. The van der Waals surface area contributed by atoms with Gasteiger partial charge < -0.3 is 19.7 Å². The number of rotatable bonds is 6. The molecule has 154 valence electrons. The van der Waals surface area contributed by atoms with Gasteiger partial charge in [0.1, 0.15) is 0 Å². The van der Waals surface area contributed by atoms with Crippen molar-refractivity contribution in [3.05, 3.63) is 63.2 Å². The fourth-order valence-electron chi connectivity index (χ4n) is 3.59. The minimum Gasteiger partial charge on any atom is -0.493 e. The number of nitrogens with one attached hydrogen (secondary N) is 1. The molecular weight excluding hydrogens is 374 g/mol. The lowest BCUT2D eigenvalue weighted by molar-refractivity contribution is -0.385. The lowest BCUT2D eigenvalue weighted by atomic mass is 9.99. The molecule has 8 nitrogen and oxygen atoms in total. The molecule has 8 heteroatoms. The molecule has 1 aliphatic rings. The molecule has 0 spiro atoms. The first-order valence-corrected chi connectivity index (χ1v) is 9.51. The second-order valence-corrected chi connectivity index (χ2v) is 6.80. The molecule has 3 rings (SSSR count). The number of piperazine rings is 1. The Bertz CT molecular complexity index is 898. The van der Waals surface area contributed by atoms with E-state index in [2.05, 4.69) is 24.4 Å². The number of carbonyl (C=O) groups excluding carboxylic acids is 1. The molecule has 1 unspecified atom stereocenters. The molecule has 1 N–H and O–H groups in total. The van der Waals surface area contributed by atoms with Gasteiger partial charge in [0.05, 0.1) is 30.7 Å². The first kappa shape index (κ1) is 20.6. The highest BCUT2D eigenvalue weighted by Crippen LogP contribution is 2.38. The van der Waals surface area contributed by atoms with Crippen LogP contribution in [0.25, 0.3) is 0 Å². The number of amides is 1. The van der Waals surface area contributed by atoms with Crippen LogP contribution in [0.3, 0.4) is 0 Å². The van der Waals surface area contributed by atoms with Crippen molar-refractivity contribution in [3.63, 3.8) is 0 Å². The molecule has 1 saturated heterocycles. The Morgan fingerprint density at radius 3 is 2.55 bits per heavy atom. The van der Waals surface area contributed by atoms with Gasteiger partial charge in [0.2, 0.25) is 5.75 Å². The number of methoxy groups -OCH3 is 2. The molecule has 1 fully saturated rings. The van der Waals surface area contributed by atoms with Crippen LogP contribution in [0.15, 0.2) is 36.4 Å². The molecule has 0 bridgehead atoms. The molecule has 1 heterocycles. The molecule has 2 aromatic carbocycles. The van der Waals surface area contributed by atoms with E-state index in [0.717, 1.165) is 12.0 Å². The summed E-state index contributed by atoms with van der Waals surface area (Å²) >= 11 is 0. The van der Waals surface area contributed by atoms with Gasteiger partial charge in [-0.05, 0) is 23.6 Å². The van der Waals surface area contributed by atoms with Crippen molar-refractivity contribution in [2.75, 3.05) is 33.9 Å². The summed E-state index contributed by atoms with van der Waals surface area (Å²) in [5.41, 5.74) is 2.16. The van der Waals surface area contributed by atoms with Crippen molar-refractivity contribution >= 4 is 11.6 Å². The Morgan fingerprint density at radius 2 is 1.97 bits per heavy atom. The van der Waals surface area contributed by atoms with Crippen molar-refractivity contribution in [2.45, 2.75) is 19.4 Å². The first-order valence-electron chi connectivity index (χ1n) is 9.51. The molecule has 0 radical (unpaired) electrons. The third-order valence-electron chi connectivity index (χ3n) is 5.18. The van der Waals surface area contributed by atoms with Crippen molar-refractivity contribution in [3.8, 4) is 11.5 Å². The van der Waals surface area contributed by atoms with Crippen molar-refractivity contribution < 1.29 is 19.2 Å². The van der Waals surface area contributed by atoms with E-state index in [1.165, 1.54) is 31.9 Å². The number of aryl methyl sites for hydroxylation is 1. The molecule has 1 amide bonds. The lowest BCUT2D eigenvalue weighted by Crippen LogP contribution is -2.48. The monoisotopic (exact) mass is 399 g/mol. The molecule has 0 aliphatic carbocycles. The van der Waals surface area contributed by atoms with Gasteiger partial charge in [-0.3, -0.25) is 14.9 Å². The van der Waals surface area contributed by atoms with Gasteiger partial charge in [-0.25, -0.2) is 0 Å². The summed E-state index contributed by atoms with van der Waals surface area (Å²) < 4.78 is 10.3. The highest BCUT2D eigenvalue weighted by atomic mass is 16.6. The summed E-state index contributed by atoms with van der Waals surface area (Å²) in [5, 5.41) is 14.8. The van der Waals surface area contributed by atoms with E-state index >= 15 is 0 Å². The van der Waals surface area contributed by atoms with Gasteiger partial charge in [0, 0.05) is 25.7 Å². The summed E-state index contributed by atoms with van der Waals surface area (Å²) in [5.74, 6) is -0.120. The van der Waals surface area contributed by atoms with Crippen molar-refractivity contribution in [1.82, 2.24) is 10.2 Å². The number of carbonyl (C=O) groups is 1. The van der Waals surface area contributed by atoms with E-state index < -0.39 is 4.92 Å². The zero-order valence-corrected chi connectivity index (χ0v) is 16.8. The zero-order valence-electron chi connectivity index (χ0n) is 16.8. The number of benzene rings is 2. The fourth-order valence-corrected chi connectivity index (χ4v) is 3.59. The quantitative estimate of drug-likeness (QED) is 0.593. The molecule has 1 aliphatic heterocycles. The van der Waals surface area contributed by atoms with Gasteiger partial charge in [0.25, 0.3) is 5.91 Å². The van der Waals surface area contributed by atoms with E-state index in [-0.39, 0.29) is 34.7 Å². The topological polar surface area (TPSA) is 93.9 Å². The largest absolute Gasteiger partial charge is 0.493 e. The number of hydrogen-bond donors (Lipinski definition) is 1. The molecule has 0 aromatic heterocycles. The van der Waals surface area contributed by atoms with Crippen molar-refractivity contribution in [2.24, 2.45) is 0 Å². The summed E-state index contributed by atoms with van der Waals surface area (Å²) in [6.45, 7) is 3.87. The van der Waals surface area contributed by atoms with Crippen LogP contribution in [-0.2, 0) is 6.42 Å². The molecular formula is C21H25N3O5. The van der Waals surface area contributed by atoms with Gasteiger partial charge in [-0.2, -0.15) is 0 Å². The smallest absolute Gasteiger partial charge is 0.315 e. The number of nitrogens with zero attached hydrogens (tertiary/aromatic N) is 2. The SMILES string of the molecule is CCc1ccc(C2CNCCN2C(=O)c2cc(OC)c(OC)c([N+](=O)[O-])c2)cc1. The minimum atomic E-state index is -0.573. The molecule has 29 heavy (non-hydrogen) atoms. The van der Waals surface area contributed by atoms with E-state index in [1.807, 2.05) is 12.1 Å². The van der Waals surface area contributed by atoms with E-state index in [0.29, 0.717) is 19.6 Å². The van der Waals surface area contributed by atoms with Gasteiger partial charge >= 0.3 is 5.69 Å². The summed E-state index contributed by atoms with van der Waals surface area (Å²) in [4.78, 5) is 26.0. The van der Waals surface area contributed by atoms with Crippen LogP contribution in [0, 0.1) is 10.1 Å².